The average Bonchev–Trinajstić information content (AvgIpc) is 3.03. The lowest BCUT2D eigenvalue weighted by Gasteiger charge is -2.30. The van der Waals surface area contributed by atoms with Crippen LogP contribution in [0.15, 0.2) is 36.5 Å². The highest BCUT2D eigenvalue weighted by Crippen LogP contribution is 2.30. The second-order valence-corrected chi connectivity index (χ2v) is 5.84. The first kappa shape index (κ1) is 16.1. The van der Waals surface area contributed by atoms with Gasteiger partial charge in [0.2, 0.25) is 0 Å². The summed E-state index contributed by atoms with van der Waals surface area (Å²) in [6.45, 7) is 1.46. The molecule has 0 amide bonds. The molecule has 1 aliphatic rings. The van der Waals surface area contributed by atoms with E-state index in [2.05, 4.69) is 15.1 Å². The molecular weight excluding hydrogens is 313 g/mol. The van der Waals surface area contributed by atoms with Gasteiger partial charge in [-0.05, 0) is 37.1 Å². The van der Waals surface area contributed by atoms with E-state index in [1.807, 2.05) is 12.1 Å². The molecule has 0 bridgehead atoms. The summed E-state index contributed by atoms with van der Waals surface area (Å²) in [5, 5.41) is 19.2. The average molecular weight is 331 g/mol. The van der Waals surface area contributed by atoms with Crippen LogP contribution in [-0.4, -0.2) is 41.3 Å². The number of hydrogen-bond donors (Lipinski definition) is 0. The van der Waals surface area contributed by atoms with E-state index in [-0.39, 0.29) is 11.7 Å². The summed E-state index contributed by atoms with van der Waals surface area (Å²) < 4.78 is 13.3. The molecular formula is C16H18FN5O2. The van der Waals surface area contributed by atoms with Crippen LogP contribution in [0.5, 0.6) is 0 Å². The van der Waals surface area contributed by atoms with Gasteiger partial charge in [0, 0.05) is 32.4 Å². The second kappa shape index (κ2) is 6.77. The fourth-order valence-electron chi connectivity index (χ4n) is 3.15. The van der Waals surface area contributed by atoms with Crippen molar-refractivity contribution in [1.29, 1.82) is 0 Å². The Bertz CT molecular complexity index is 728. The molecule has 1 fully saturated rings. The molecule has 1 aromatic carbocycles. The lowest BCUT2D eigenvalue weighted by molar-refractivity contribution is -0.384. The SMILES string of the molecule is CN(CC1CCCN1c1cccnn1)c1ccc(F)cc1[N+](=O)[O-]. The van der Waals surface area contributed by atoms with Crippen LogP contribution in [0.2, 0.25) is 0 Å². The number of benzene rings is 1. The van der Waals surface area contributed by atoms with E-state index in [1.54, 1.807) is 18.1 Å². The van der Waals surface area contributed by atoms with E-state index >= 15 is 0 Å². The third kappa shape index (κ3) is 3.27. The van der Waals surface area contributed by atoms with Crippen molar-refractivity contribution in [2.75, 3.05) is 29.9 Å². The number of halogens is 1. The van der Waals surface area contributed by atoms with Gasteiger partial charge in [0.25, 0.3) is 5.69 Å². The Balaban J connectivity index is 1.79. The first-order chi connectivity index (χ1) is 11.6. The Morgan fingerprint density at radius 1 is 1.46 bits per heavy atom. The van der Waals surface area contributed by atoms with Gasteiger partial charge in [0.05, 0.1) is 11.0 Å². The molecule has 2 aromatic rings. The molecule has 0 saturated carbocycles. The third-order valence-corrected chi connectivity index (χ3v) is 4.26. The highest BCUT2D eigenvalue weighted by atomic mass is 19.1. The maximum atomic E-state index is 13.3. The summed E-state index contributed by atoms with van der Waals surface area (Å²) in [5.41, 5.74) is 0.189. The molecule has 3 rings (SSSR count). The highest BCUT2D eigenvalue weighted by Gasteiger charge is 2.28. The molecule has 24 heavy (non-hydrogen) atoms. The van der Waals surface area contributed by atoms with Gasteiger partial charge < -0.3 is 9.80 Å². The molecule has 1 aromatic heterocycles. The Morgan fingerprint density at radius 3 is 3.00 bits per heavy atom. The lowest BCUT2D eigenvalue weighted by Crippen LogP contribution is -2.39. The van der Waals surface area contributed by atoms with Crippen molar-refractivity contribution in [3.8, 4) is 0 Å². The number of nitrogens with zero attached hydrogens (tertiary/aromatic N) is 5. The third-order valence-electron chi connectivity index (χ3n) is 4.26. The highest BCUT2D eigenvalue weighted by molar-refractivity contribution is 5.63. The zero-order valence-electron chi connectivity index (χ0n) is 13.3. The summed E-state index contributed by atoms with van der Waals surface area (Å²) in [4.78, 5) is 14.6. The summed E-state index contributed by atoms with van der Waals surface area (Å²) in [5.74, 6) is 0.197. The van der Waals surface area contributed by atoms with Crippen LogP contribution in [-0.2, 0) is 0 Å². The van der Waals surface area contributed by atoms with Crippen LogP contribution >= 0.6 is 0 Å². The van der Waals surface area contributed by atoms with Crippen LogP contribution in [0, 0.1) is 15.9 Å². The van der Waals surface area contributed by atoms with E-state index in [0.717, 1.165) is 31.3 Å². The van der Waals surface area contributed by atoms with Crippen molar-refractivity contribution >= 4 is 17.2 Å². The number of rotatable bonds is 5. The second-order valence-electron chi connectivity index (χ2n) is 5.84. The topological polar surface area (TPSA) is 75.4 Å². The number of anilines is 2. The van der Waals surface area contributed by atoms with Gasteiger partial charge in [-0.2, -0.15) is 5.10 Å². The molecule has 1 unspecified atom stereocenters. The number of likely N-dealkylation sites (N-methyl/N-ethyl adjacent to an activating group) is 1. The van der Waals surface area contributed by atoms with Crippen molar-refractivity contribution in [3.63, 3.8) is 0 Å². The molecule has 126 valence electrons. The van der Waals surface area contributed by atoms with Crippen LogP contribution in [0.25, 0.3) is 0 Å². The van der Waals surface area contributed by atoms with E-state index in [1.165, 1.54) is 12.1 Å². The molecule has 0 aliphatic carbocycles. The molecule has 7 nitrogen and oxygen atoms in total. The predicted molar refractivity (Wildman–Crippen MR) is 88.7 cm³/mol. The maximum absolute atomic E-state index is 13.3. The van der Waals surface area contributed by atoms with Crippen molar-refractivity contribution < 1.29 is 9.31 Å². The van der Waals surface area contributed by atoms with Gasteiger partial charge >= 0.3 is 0 Å². The van der Waals surface area contributed by atoms with E-state index in [0.29, 0.717) is 12.2 Å². The fourth-order valence-corrected chi connectivity index (χ4v) is 3.15. The summed E-state index contributed by atoms with van der Waals surface area (Å²) in [7, 11) is 1.79. The van der Waals surface area contributed by atoms with Gasteiger partial charge in [-0.15, -0.1) is 5.10 Å². The minimum absolute atomic E-state index is 0.177. The molecule has 1 aliphatic heterocycles. The summed E-state index contributed by atoms with van der Waals surface area (Å²) in [6, 6.07) is 7.58. The molecule has 0 N–H and O–H groups in total. The number of nitro groups is 1. The van der Waals surface area contributed by atoms with E-state index < -0.39 is 10.7 Å². The van der Waals surface area contributed by atoms with Crippen LogP contribution < -0.4 is 9.80 Å². The first-order valence-electron chi connectivity index (χ1n) is 7.75. The molecule has 0 spiro atoms. The smallest absolute Gasteiger partial charge is 0.295 e. The van der Waals surface area contributed by atoms with E-state index in [9.17, 15) is 14.5 Å². The van der Waals surface area contributed by atoms with Crippen molar-refractivity contribution in [2.45, 2.75) is 18.9 Å². The van der Waals surface area contributed by atoms with Crippen LogP contribution in [0.1, 0.15) is 12.8 Å². The molecule has 2 heterocycles. The van der Waals surface area contributed by atoms with Crippen LogP contribution in [0.4, 0.5) is 21.6 Å². The number of aromatic nitrogens is 2. The van der Waals surface area contributed by atoms with E-state index in [4.69, 9.17) is 0 Å². The van der Waals surface area contributed by atoms with Crippen molar-refractivity contribution in [1.82, 2.24) is 10.2 Å². The van der Waals surface area contributed by atoms with Gasteiger partial charge in [0.15, 0.2) is 5.82 Å². The predicted octanol–water partition coefficient (Wildman–Crippen LogP) is 2.63. The number of hydrogen-bond acceptors (Lipinski definition) is 6. The molecule has 8 heteroatoms. The monoisotopic (exact) mass is 331 g/mol. The zero-order chi connectivity index (χ0) is 17.1. The Kier molecular flexibility index (Phi) is 4.54. The molecule has 1 atom stereocenters. The van der Waals surface area contributed by atoms with Crippen molar-refractivity contribution in [3.05, 3.63) is 52.5 Å². The standard InChI is InChI=1S/C16H18FN5O2/c1-20(14-7-6-12(17)10-15(14)22(23)24)11-13-4-3-9-21(13)16-5-2-8-18-19-16/h2,5-8,10,13H,3-4,9,11H2,1H3. The Labute approximate surface area is 138 Å². The summed E-state index contributed by atoms with van der Waals surface area (Å²) in [6.07, 6.45) is 3.62. The quantitative estimate of drug-likeness (QED) is 0.619. The van der Waals surface area contributed by atoms with Gasteiger partial charge in [-0.1, -0.05) is 0 Å². The minimum Gasteiger partial charge on any atom is -0.367 e. The zero-order valence-corrected chi connectivity index (χ0v) is 13.3. The lowest BCUT2D eigenvalue weighted by atomic mass is 10.2. The normalized spacial score (nSPS) is 17.1. The maximum Gasteiger partial charge on any atom is 0.295 e. The Morgan fingerprint density at radius 2 is 2.29 bits per heavy atom. The van der Waals surface area contributed by atoms with Crippen molar-refractivity contribution in [2.24, 2.45) is 0 Å². The number of nitro benzene ring substituents is 1. The van der Waals surface area contributed by atoms with Gasteiger partial charge in [-0.25, -0.2) is 4.39 Å². The van der Waals surface area contributed by atoms with Crippen LogP contribution in [0.3, 0.4) is 0 Å². The molecule has 1 saturated heterocycles. The first-order valence-corrected chi connectivity index (χ1v) is 7.75. The van der Waals surface area contributed by atoms with Gasteiger partial charge in [0.1, 0.15) is 11.5 Å². The Hall–Kier alpha value is -2.77. The molecule has 0 radical (unpaired) electrons. The summed E-state index contributed by atoms with van der Waals surface area (Å²) >= 11 is 0. The largest absolute Gasteiger partial charge is 0.367 e. The minimum atomic E-state index is -0.610. The van der Waals surface area contributed by atoms with Gasteiger partial charge in [-0.3, -0.25) is 10.1 Å². The fraction of sp³-hybridized carbons (Fsp3) is 0.375.